The normalized spacial score (nSPS) is 25.3. The number of hydrogen-bond donors (Lipinski definition) is 1. The minimum Gasteiger partial charge on any atom is -0.308 e. The lowest BCUT2D eigenvalue weighted by Gasteiger charge is -2.06. The third-order valence-electron chi connectivity index (χ3n) is 2.89. The molecule has 0 amide bonds. The molecule has 1 aromatic heterocycles. The summed E-state index contributed by atoms with van der Waals surface area (Å²) in [6.45, 7) is 6.47. The fourth-order valence-electron chi connectivity index (χ4n) is 1.77. The molecule has 3 heteroatoms. The zero-order valence-electron chi connectivity index (χ0n) is 9.03. The van der Waals surface area contributed by atoms with Crippen LogP contribution < -0.4 is 5.32 Å². The lowest BCUT2D eigenvalue weighted by Crippen LogP contribution is -2.19. The Labute approximate surface area is 85.5 Å². The van der Waals surface area contributed by atoms with Crippen LogP contribution in [0, 0.1) is 5.92 Å². The van der Waals surface area contributed by atoms with Gasteiger partial charge in [-0.2, -0.15) is 5.10 Å². The molecule has 2 atom stereocenters. The maximum Gasteiger partial charge on any atom is 0.0522 e. The van der Waals surface area contributed by atoms with Crippen molar-refractivity contribution in [1.29, 1.82) is 0 Å². The lowest BCUT2D eigenvalue weighted by molar-refractivity contribution is 0.543. The molecule has 1 aliphatic carbocycles. The Balaban J connectivity index is 1.85. The van der Waals surface area contributed by atoms with Crippen LogP contribution >= 0.6 is 0 Å². The number of hydrogen-bond acceptors (Lipinski definition) is 2. The average molecular weight is 193 g/mol. The summed E-state index contributed by atoms with van der Waals surface area (Å²) in [6.07, 6.45) is 4.37. The predicted octanol–water partition coefficient (Wildman–Crippen LogP) is 1.79. The highest BCUT2D eigenvalue weighted by Crippen LogP contribution is 2.29. The van der Waals surface area contributed by atoms with E-state index < -0.39 is 0 Å². The van der Waals surface area contributed by atoms with E-state index in [9.17, 15) is 0 Å². The summed E-state index contributed by atoms with van der Waals surface area (Å²) in [7, 11) is 0. The molecular formula is C11H19N3. The van der Waals surface area contributed by atoms with Gasteiger partial charge in [-0.1, -0.05) is 13.8 Å². The van der Waals surface area contributed by atoms with E-state index >= 15 is 0 Å². The van der Waals surface area contributed by atoms with Crippen LogP contribution in [-0.4, -0.2) is 15.8 Å². The van der Waals surface area contributed by atoms with Gasteiger partial charge in [0.05, 0.1) is 5.69 Å². The van der Waals surface area contributed by atoms with E-state index in [-0.39, 0.29) is 0 Å². The van der Waals surface area contributed by atoms with Gasteiger partial charge in [0.15, 0.2) is 0 Å². The van der Waals surface area contributed by atoms with Crippen molar-refractivity contribution in [2.75, 3.05) is 0 Å². The van der Waals surface area contributed by atoms with Gasteiger partial charge in [0, 0.05) is 25.3 Å². The van der Waals surface area contributed by atoms with Crippen molar-refractivity contribution in [3.8, 4) is 0 Å². The molecule has 14 heavy (non-hydrogen) atoms. The molecule has 0 spiro atoms. The predicted molar refractivity (Wildman–Crippen MR) is 56.9 cm³/mol. The first-order chi connectivity index (χ1) is 6.81. The molecule has 3 nitrogen and oxygen atoms in total. The second-order valence-corrected chi connectivity index (χ2v) is 4.25. The van der Waals surface area contributed by atoms with Crippen LogP contribution in [0.4, 0.5) is 0 Å². The third kappa shape index (κ3) is 2.15. The summed E-state index contributed by atoms with van der Waals surface area (Å²) in [5.74, 6) is 0.873. The molecular weight excluding hydrogens is 174 g/mol. The minimum absolute atomic E-state index is 0.750. The van der Waals surface area contributed by atoms with Crippen molar-refractivity contribution in [1.82, 2.24) is 15.1 Å². The van der Waals surface area contributed by atoms with Crippen molar-refractivity contribution >= 4 is 0 Å². The van der Waals surface area contributed by atoms with E-state index in [4.69, 9.17) is 0 Å². The van der Waals surface area contributed by atoms with Crippen molar-refractivity contribution in [3.05, 3.63) is 18.0 Å². The highest BCUT2D eigenvalue weighted by atomic mass is 15.3. The summed E-state index contributed by atoms with van der Waals surface area (Å²) in [5, 5.41) is 7.85. The molecule has 1 N–H and O–H groups in total. The SMILES string of the molecule is CCCn1nccc1CNC1CC1C. The van der Waals surface area contributed by atoms with E-state index in [0.717, 1.165) is 31.5 Å². The summed E-state index contributed by atoms with van der Waals surface area (Å²) in [4.78, 5) is 0. The molecule has 0 aliphatic heterocycles. The summed E-state index contributed by atoms with van der Waals surface area (Å²) in [5.41, 5.74) is 1.31. The average Bonchev–Trinajstić information content (AvgIpc) is 2.70. The van der Waals surface area contributed by atoms with E-state index in [2.05, 4.69) is 35.0 Å². The van der Waals surface area contributed by atoms with E-state index in [1.807, 2.05) is 6.20 Å². The van der Waals surface area contributed by atoms with E-state index in [1.54, 1.807) is 0 Å². The van der Waals surface area contributed by atoms with Gasteiger partial charge in [0.25, 0.3) is 0 Å². The molecule has 0 aromatic carbocycles. The first kappa shape index (κ1) is 9.71. The van der Waals surface area contributed by atoms with Gasteiger partial charge in [0.2, 0.25) is 0 Å². The molecule has 1 heterocycles. The topological polar surface area (TPSA) is 29.9 Å². The van der Waals surface area contributed by atoms with Gasteiger partial charge in [0.1, 0.15) is 0 Å². The molecule has 1 saturated carbocycles. The van der Waals surface area contributed by atoms with Crippen molar-refractivity contribution in [2.24, 2.45) is 5.92 Å². The van der Waals surface area contributed by atoms with Crippen LogP contribution in [0.15, 0.2) is 12.3 Å². The molecule has 0 bridgehead atoms. The van der Waals surface area contributed by atoms with Gasteiger partial charge in [-0.05, 0) is 24.8 Å². The molecule has 1 aromatic rings. The highest BCUT2D eigenvalue weighted by molar-refractivity contribution is 5.02. The molecule has 1 aliphatic rings. The summed E-state index contributed by atoms with van der Waals surface area (Å²) >= 11 is 0. The Bertz CT molecular complexity index is 292. The summed E-state index contributed by atoms with van der Waals surface area (Å²) in [6, 6.07) is 2.86. The number of aryl methyl sites for hydroxylation is 1. The number of aromatic nitrogens is 2. The number of nitrogens with zero attached hydrogens (tertiary/aromatic N) is 2. The summed E-state index contributed by atoms with van der Waals surface area (Å²) < 4.78 is 2.10. The van der Waals surface area contributed by atoms with Gasteiger partial charge in [-0.3, -0.25) is 4.68 Å². The van der Waals surface area contributed by atoms with Gasteiger partial charge >= 0.3 is 0 Å². The standard InChI is InChI=1S/C11H19N3/c1-3-6-14-10(4-5-13-14)8-12-11-7-9(11)2/h4-5,9,11-12H,3,6-8H2,1-2H3. The first-order valence-electron chi connectivity index (χ1n) is 5.55. The largest absolute Gasteiger partial charge is 0.308 e. The fraction of sp³-hybridized carbons (Fsp3) is 0.727. The van der Waals surface area contributed by atoms with E-state index in [1.165, 1.54) is 12.1 Å². The maximum absolute atomic E-state index is 4.30. The molecule has 2 rings (SSSR count). The zero-order chi connectivity index (χ0) is 9.97. The molecule has 1 fully saturated rings. The number of nitrogens with one attached hydrogen (secondary N) is 1. The molecule has 0 radical (unpaired) electrons. The lowest BCUT2D eigenvalue weighted by atomic mass is 10.4. The minimum atomic E-state index is 0.750. The van der Waals surface area contributed by atoms with Crippen molar-refractivity contribution < 1.29 is 0 Å². The van der Waals surface area contributed by atoms with E-state index in [0.29, 0.717) is 0 Å². The van der Waals surface area contributed by atoms with Crippen molar-refractivity contribution in [2.45, 2.75) is 45.8 Å². The Morgan fingerprint density at radius 3 is 3.07 bits per heavy atom. The van der Waals surface area contributed by atoms with Gasteiger partial charge in [-0.25, -0.2) is 0 Å². The Kier molecular flexibility index (Phi) is 2.87. The third-order valence-corrected chi connectivity index (χ3v) is 2.89. The van der Waals surface area contributed by atoms with Gasteiger partial charge in [-0.15, -0.1) is 0 Å². The Morgan fingerprint density at radius 2 is 2.43 bits per heavy atom. The molecule has 78 valence electrons. The van der Waals surface area contributed by atoms with Crippen LogP contribution in [0.25, 0.3) is 0 Å². The Morgan fingerprint density at radius 1 is 1.64 bits per heavy atom. The zero-order valence-corrected chi connectivity index (χ0v) is 9.03. The maximum atomic E-state index is 4.30. The second-order valence-electron chi connectivity index (χ2n) is 4.25. The van der Waals surface area contributed by atoms with Crippen LogP contribution in [-0.2, 0) is 13.1 Å². The smallest absolute Gasteiger partial charge is 0.0522 e. The monoisotopic (exact) mass is 193 g/mol. The quantitative estimate of drug-likeness (QED) is 0.772. The molecule has 2 unspecified atom stereocenters. The highest BCUT2D eigenvalue weighted by Gasteiger charge is 2.31. The van der Waals surface area contributed by atoms with Gasteiger partial charge < -0.3 is 5.32 Å². The van der Waals surface area contributed by atoms with Crippen molar-refractivity contribution in [3.63, 3.8) is 0 Å². The Hall–Kier alpha value is -0.830. The molecule has 0 saturated heterocycles. The second kappa shape index (κ2) is 4.13. The fourth-order valence-corrected chi connectivity index (χ4v) is 1.77. The van der Waals surface area contributed by atoms with Crippen LogP contribution in [0.5, 0.6) is 0 Å². The van der Waals surface area contributed by atoms with Crippen LogP contribution in [0.1, 0.15) is 32.4 Å². The number of rotatable bonds is 5. The van der Waals surface area contributed by atoms with Crippen LogP contribution in [0.3, 0.4) is 0 Å². The van der Waals surface area contributed by atoms with Crippen LogP contribution in [0.2, 0.25) is 0 Å². The first-order valence-corrected chi connectivity index (χ1v) is 5.55.